The van der Waals surface area contributed by atoms with Crippen LogP contribution in [0.4, 0.5) is 15.3 Å². The van der Waals surface area contributed by atoms with E-state index in [2.05, 4.69) is 27.1 Å². The summed E-state index contributed by atoms with van der Waals surface area (Å²) in [5.74, 6) is -0.750. The van der Waals surface area contributed by atoms with Crippen LogP contribution in [0.25, 0.3) is 11.1 Å². The van der Waals surface area contributed by atoms with E-state index in [1.807, 2.05) is 47.1 Å². The highest BCUT2D eigenvalue weighted by Crippen LogP contribution is 2.28. The lowest BCUT2D eigenvalue weighted by Gasteiger charge is -2.43. The van der Waals surface area contributed by atoms with Gasteiger partial charge < -0.3 is 34.1 Å². The fraction of sp³-hybridized carbons (Fsp3) is 0.543. The van der Waals surface area contributed by atoms with Crippen LogP contribution in [0.2, 0.25) is 0 Å². The summed E-state index contributed by atoms with van der Waals surface area (Å²) in [6.45, 7) is 8.16. The second-order valence-electron chi connectivity index (χ2n) is 13.7. The molecule has 13 heteroatoms. The molecular weight excluding hydrogens is 614 g/mol. The van der Waals surface area contributed by atoms with Crippen molar-refractivity contribution in [1.29, 1.82) is 0 Å². The number of nitrogens with one attached hydrogen (secondary N) is 2. The van der Waals surface area contributed by atoms with Crippen LogP contribution < -0.4 is 11.1 Å². The third-order valence-electron chi connectivity index (χ3n) is 10.6. The van der Waals surface area contributed by atoms with Gasteiger partial charge in [0, 0.05) is 70.0 Å². The van der Waals surface area contributed by atoms with E-state index in [0.29, 0.717) is 62.7 Å². The molecule has 2 N–H and O–H groups in total. The number of carbonyl (C=O) groups excluding carboxylic acids is 3. The molecule has 0 bridgehead atoms. The number of oxazole rings is 1. The van der Waals surface area contributed by atoms with Gasteiger partial charge in [-0.1, -0.05) is 24.3 Å². The number of aromatic amines is 1. The van der Waals surface area contributed by atoms with Gasteiger partial charge in [-0.25, -0.2) is 14.4 Å². The number of hydrogen-bond acceptors (Lipinski definition) is 8. The molecule has 3 aromatic rings. The largest absolute Gasteiger partial charge is 0.436 e. The average Bonchev–Trinajstić information content (AvgIpc) is 3.48. The number of amides is 4. The number of nitrogens with zero attached hydrogens (tertiary/aromatic N) is 5. The number of benzene rings is 2. The highest BCUT2D eigenvalue weighted by molar-refractivity contribution is 5.92. The quantitative estimate of drug-likeness (QED) is 0.412. The minimum Gasteiger partial charge on any atom is -0.436 e. The Bertz CT molecular complexity index is 1710. The van der Waals surface area contributed by atoms with Gasteiger partial charge in [0.1, 0.15) is 0 Å². The van der Waals surface area contributed by atoms with Crippen molar-refractivity contribution in [2.24, 2.45) is 0 Å². The van der Waals surface area contributed by atoms with E-state index < -0.39 is 18.0 Å². The van der Waals surface area contributed by atoms with Crippen molar-refractivity contribution in [2.75, 3.05) is 64.7 Å². The topological polar surface area (TPSA) is 135 Å². The normalized spacial score (nSPS) is 20.9. The number of ether oxygens (including phenoxy) is 1. The zero-order valence-electron chi connectivity index (χ0n) is 27.8. The van der Waals surface area contributed by atoms with E-state index in [4.69, 9.17) is 9.15 Å². The van der Waals surface area contributed by atoms with Crippen molar-refractivity contribution in [3.8, 4) is 0 Å². The number of piperidine rings is 2. The van der Waals surface area contributed by atoms with Gasteiger partial charge in [0.25, 0.3) is 5.91 Å². The van der Waals surface area contributed by atoms with E-state index in [1.54, 1.807) is 11.0 Å². The summed E-state index contributed by atoms with van der Waals surface area (Å²) in [4.78, 5) is 65.3. The number of carbonyl (C=O) groups is 3. The first-order valence-electron chi connectivity index (χ1n) is 17.2. The number of para-hydroxylation sites is 1. The van der Waals surface area contributed by atoms with Gasteiger partial charge in [-0.3, -0.25) is 14.7 Å². The van der Waals surface area contributed by atoms with Crippen LogP contribution in [0.15, 0.2) is 45.6 Å². The highest BCUT2D eigenvalue weighted by Gasteiger charge is 2.37. The van der Waals surface area contributed by atoms with Gasteiger partial charge in [-0.2, -0.15) is 0 Å². The molecule has 4 amide bonds. The maximum Gasteiger partial charge on any atom is 0.417 e. The fourth-order valence-electron chi connectivity index (χ4n) is 7.75. The summed E-state index contributed by atoms with van der Waals surface area (Å²) in [5.41, 5.74) is 4.48. The number of aryl methyl sites for hydroxylation is 1. The van der Waals surface area contributed by atoms with Gasteiger partial charge in [-0.15, -0.1) is 0 Å². The van der Waals surface area contributed by atoms with E-state index in [1.165, 1.54) is 0 Å². The van der Waals surface area contributed by atoms with Gasteiger partial charge in [0.2, 0.25) is 0 Å². The Morgan fingerprint density at radius 2 is 1.62 bits per heavy atom. The third-order valence-corrected chi connectivity index (χ3v) is 10.6. The Morgan fingerprint density at radius 1 is 0.917 bits per heavy atom. The molecule has 0 aliphatic carbocycles. The summed E-state index contributed by atoms with van der Waals surface area (Å²) in [6, 6.07) is 11.8. The summed E-state index contributed by atoms with van der Waals surface area (Å²) < 4.78 is 11.4. The van der Waals surface area contributed by atoms with Crippen LogP contribution in [0, 0.1) is 6.92 Å². The number of piperazine rings is 1. The first-order chi connectivity index (χ1) is 23.2. The molecule has 13 nitrogen and oxygen atoms in total. The summed E-state index contributed by atoms with van der Waals surface area (Å²) >= 11 is 0. The highest BCUT2D eigenvalue weighted by atomic mass is 16.6. The van der Waals surface area contributed by atoms with Crippen LogP contribution in [0.3, 0.4) is 0 Å². The fourth-order valence-corrected chi connectivity index (χ4v) is 7.75. The van der Waals surface area contributed by atoms with Crippen molar-refractivity contribution < 1.29 is 23.5 Å². The monoisotopic (exact) mass is 659 g/mol. The Kier molecular flexibility index (Phi) is 9.15. The lowest BCUT2D eigenvalue weighted by molar-refractivity contribution is -0.143. The number of hydrogen-bond donors (Lipinski definition) is 2. The Morgan fingerprint density at radius 3 is 2.38 bits per heavy atom. The first-order valence-corrected chi connectivity index (χ1v) is 17.2. The molecular formula is C35H45N7O6. The molecule has 3 fully saturated rings. The van der Waals surface area contributed by atoms with E-state index >= 15 is 0 Å². The molecule has 0 unspecified atom stereocenters. The van der Waals surface area contributed by atoms with E-state index in [9.17, 15) is 19.2 Å². The molecule has 4 aliphatic rings. The van der Waals surface area contributed by atoms with Crippen molar-refractivity contribution >= 4 is 34.8 Å². The zero-order valence-corrected chi connectivity index (χ0v) is 27.8. The molecule has 0 radical (unpaired) electrons. The van der Waals surface area contributed by atoms with Gasteiger partial charge >= 0.3 is 17.9 Å². The zero-order chi connectivity index (χ0) is 33.4. The molecule has 256 valence electrons. The Hall–Kier alpha value is -4.36. The molecule has 3 saturated heterocycles. The van der Waals surface area contributed by atoms with E-state index in [0.717, 1.165) is 61.4 Å². The maximum absolute atomic E-state index is 14.1. The van der Waals surface area contributed by atoms with Crippen LogP contribution in [-0.2, 0) is 22.5 Å². The van der Waals surface area contributed by atoms with Gasteiger partial charge in [0.05, 0.1) is 5.52 Å². The van der Waals surface area contributed by atoms with E-state index in [-0.39, 0.29) is 24.4 Å². The van der Waals surface area contributed by atoms with Crippen LogP contribution in [-0.4, -0.2) is 125 Å². The predicted octanol–water partition coefficient (Wildman–Crippen LogP) is 3.23. The van der Waals surface area contributed by atoms with Crippen LogP contribution >= 0.6 is 0 Å². The molecule has 1 atom stereocenters. The molecule has 0 spiro atoms. The molecule has 0 saturated carbocycles. The molecule has 1 aromatic heterocycles. The average molecular weight is 660 g/mol. The lowest BCUT2D eigenvalue weighted by atomic mass is 10.0. The van der Waals surface area contributed by atoms with Crippen LogP contribution in [0.1, 0.15) is 42.4 Å². The number of fused-ring (bicyclic) bond motifs is 2. The maximum atomic E-state index is 14.1. The summed E-state index contributed by atoms with van der Waals surface area (Å²) in [6.07, 6.45) is 2.10. The smallest absolute Gasteiger partial charge is 0.417 e. The number of H-pyrrole nitrogens is 1. The Balaban J connectivity index is 1.02. The standard InChI is InChI=1S/C35H45N7O6/c1-23-19-24(20-29-31(23)37-34(45)47-29)21-30(32(43)40-17-15-39(16-18-40)26-7-11-38(2)12-8-26)48-35(46)41-13-9-27(10-14-41)42-22-25-5-3-4-6-28(25)36-33(42)44/h3-6,19-20,26-27,30H,7-18,21-22H2,1-2H3,(H,36,44)(H,37,45)/t30-/m1/s1. The minimum absolute atomic E-state index is 0.00796. The second kappa shape index (κ2) is 13.6. The molecule has 5 heterocycles. The van der Waals surface area contributed by atoms with Crippen molar-refractivity contribution in [3.63, 3.8) is 0 Å². The number of anilines is 1. The second-order valence-corrected chi connectivity index (χ2v) is 13.7. The predicted molar refractivity (Wildman–Crippen MR) is 180 cm³/mol. The number of aromatic nitrogens is 1. The summed E-state index contributed by atoms with van der Waals surface area (Å²) in [5, 5.41) is 2.98. The number of urea groups is 1. The molecule has 2 aromatic carbocycles. The third kappa shape index (κ3) is 6.79. The first kappa shape index (κ1) is 32.2. The molecule has 7 rings (SSSR count). The molecule has 48 heavy (non-hydrogen) atoms. The van der Waals surface area contributed by atoms with Crippen molar-refractivity contribution in [3.05, 3.63) is 63.6 Å². The minimum atomic E-state index is -1.03. The molecule has 4 aliphatic heterocycles. The van der Waals surface area contributed by atoms with Crippen molar-refractivity contribution in [2.45, 2.75) is 63.8 Å². The number of likely N-dealkylation sites (tertiary alicyclic amines) is 2. The SMILES string of the molecule is Cc1cc(C[C@@H](OC(=O)N2CCC(N3Cc4ccccc4NC3=O)CC2)C(=O)N2CCN(C3CCN(C)CC3)CC2)cc2oc(=O)[nH]c12. The van der Waals surface area contributed by atoms with Gasteiger partial charge in [-0.05, 0) is 81.6 Å². The van der Waals surface area contributed by atoms with Crippen LogP contribution in [0.5, 0.6) is 0 Å². The van der Waals surface area contributed by atoms with Crippen molar-refractivity contribution in [1.82, 2.24) is 29.5 Å². The Labute approximate surface area is 279 Å². The summed E-state index contributed by atoms with van der Waals surface area (Å²) in [7, 11) is 2.16. The number of rotatable bonds is 6. The lowest BCUT2D eigenvalue weighted by Crippen LogP contribution is -2.56. The van der Waals surface area contributed by atoms with Gasteiger partial charge in [0.15, 0.2) is 11.7 Å².